The Balaban J connectivity index is 0.000000126. The third kappa shape index (κ3) is 21.5. The highest BCUT2D eigenvalue weighted by atomic mass is 32.2. The van der Waals surface area contributed by atoms with Crippen LogP contribution in [0.25, 0.3) is 88.6 Å². The summed E-state index contributed by atoms with van der Waals surface area (Å²) in [4.78, 5) is 52.4. The highest BCUT2D eigenvalue weighted by molar-refractivity contribution is 7.94. The van der Waals surface area contributed by atoms with Gasteiger partial charge in [-0.05, 0) is 287 Å². The Morgan fingerprint density at radius 1 is 0.331 bits per heavy atom. The van der Waals surface area contributed by atoms with Gasteiger partial charge in [-0.15, -0.1) is 0 Å². The molecule has 4 aliphatic heterocycles. The van der Waals surface area contributed by atoms with Gasteiger partial charge in [-0.2, -0.15) is 0 Å². The van der Waals surface area contributed by atoms with Gasteiger partial charge in [0.2, 0.25) is 40.1 Å². The van der Waals surface area contributed by atoms with Gasteiger partial charge in [0.25, 0.3) is 31.9 Å². The number of halogens is 1. The zero-order chi connectivity index (χ0) is 94.9. The lowest BCUT2D eigenvalue weighted by Gasteiger charge is -2.28. The van der Waals surface area contributed by atoms with Crippen molar-refractivity contribution in [2.75, 3.05) is 86.5 Å². The Morgan fingerprint density at radius 3 is 1.18 bits per heavy atom. The molecule has 0 bridgehead atoms. The van der Waals surface area contributed by atoms with Gasteiger partial charge in [0.1, 0.15) is 5.82 Å². The van der Waals surface area contributed by atoms with Crippen molar-refractivity contribution < 1.29 is 64.5 Å². The number of fused-ring (bicyclic) bond motifs is 4. The molecular formula is C101H91FN14O14S6. The molecule has 0 unspecified atom stereocenters. The molecular weight excluding hydrogens is 1840 g/mol. The lowest BCUT2D eigenvalue weighted by Crippen LogP contribution is -2.37. The molecule has 35 heteroatoms. The fourth-order valence-electron chi connectivity index (χ4n) is 16.4. The minimum absolute atomic E-state index is 0.0372. The van der Waals surface area contributed by atoms with E-state index < -0.39 is 66.0 Å². The summed E-state index contributed by atoms with van der Waals surface area (Å²) in [5.74, 6) is -0.545. The van der Waals surface area contributed by atoms with Crippen LogP contribution in [-0.4, -0.2) is 141 Å². The van der Waals surface area contributed by atoms with Crippen LogP contribution in [0.2, 0.25) is 0 Å². The van der Waals surface area contributed by atoms with Gasteiger partial charge in [-0.1, -0.05) is 78.9 Å². The number of nitrogens with one attached hydrogen (secondary N) is 4. The number of aryl methyl sites for hydroxylation is 1. The summed E-state index contributed by atoms with van der Waals surface area (Å²) in [5.41, 5.74) is 14.6. The highest BCUT2D eigenvalue weighted by Gasteiger charge is 2.32. The Kier molecular flexibility index (Phi) is 27.4. The average molecular weight is 1940 g/mol. The predicted octanol–water partition coefficient (Wildman–Crippen LogP) is 18.7. The fourth-order valence-corrected chi connectivity index (χ4v) is 25.1. The van der Waals surface area contributed by atoms with Gasteiger partial charge < -0.3 is 10.6 Å². The summed E-state index contributed by atoms with van der Waals surface area (Å²) < 4.78 is 176. The van der Waals surface area contributed by atoms with Crippen LogP contribution in [0.15, 0.2) is 326 Å². The Hall–Kier alpha value is -14.5. The minimum Gasteiger partial charge on any atom is -0.322 e. The fraction of sp³-hybridized carbons (Fsp3) is 0.168. The van der Waals surface area contributed by atoms with Crippen LogP contribution >= 0.6 is 0 Å². The molecule has 4 saturated heterocycles. The Bertz CT molecular complexity index is 7960. The first-order valence-electron chi connectivity index (χ1n) is 43.8. The van der Waals surface area contributed by atoms with Crippen molar-refractivity contribution in [2.24, 2.45) is 0 Å². The van der Waals surface area contributed by atoms with Crippen LogP contribution in [0.1, 0.15) is 77.6 Å². The lowest BCUT2D eigenvalue weighted by atomic mass is 10.0. The number of aromatic nitrogens is 6. The van der Waals surface area contributed by atoms with E-state index in [1.54, 1.807) is 85.5 Å². The first-order chi connectivity index (χ1) is 65.5. The summed E-state index contributed by atoms with van der Waals surface area (Å²) in [6.07, 6.45) is 12.6. The minimum atomic E-state index is -4.00. The average Bonchev–Trinajstić information content (AvgIpc) is 0.801. The van der Waals surface area contributed by atoms with Crippen molar-refractivity contribution in [2.45, 2.75) is 68.1 Å². The van der Waals surface area contributed by atoms with Crippen LogP contribution in [0, 0.1) is 12.7 Å². The van der Waals surface area contributed by atoms with E-state index in [0.29, 0.717) is 108 Å². The number of hydrogen-bond acceptors (Lipinski definition) is 20. The third-order valence-corrected chi connectivity index (χ3v) is 33.7. The van der Waals surface area contributed by atoms with Gasteiger partial charge >= 0.3 is 0 Å². The zero-order valence-electron chi connectivity index (χ0n) is 73.4. The molecule has 16 aromatic rings. The molecule has 136 heavy (non-hydrogen) atoms. The molecule has 28 nitrogen and oxygen atoms in total. The van der Waals surface area contributed by atoms with E-state index in [-0.39, 0.29) is 55.9 Å². The van der Waals surface area contributed by atoms with Crippen molar-refractivity contribution in [1.82, 2.24) is 29.9 Å². The number of rotatable bonds is 18. The molecule has 10 heterocycles. The quantitative estimate of drug-likeness (QED) is 0.0620. The van der Waals surface area contributed by atoms with Crippen LogP contribution in [-0.2, 0) is 60.1 Å². The summed E-state index contributed by atoms with van der Waals surface area (Å²) in [6.45, 7) is 3.66. The zero-order valence-corrected chi connectivity index (χ0v) is 78.2. The first-order valence-corrected chi connectivity index (χ1v) is 53.2. The van der Waals surface area contributed by atoms with Crippen molar-refractivity contribution in [3.8, 4) is 45.0 Å². The summed E-state index contributed by atoms with van der Waals surface area (Å²) >= 11 is 0. The molecule has 4 fully saturated rings. The maximum Gasteiger partial charge on any atom is 0.261 e. The molecule has 2 amide bonds. The number of hydrogen-bond donors (Lipinski definition) is 4. The monoisotopic (exact) mass is 1930 g/mol. The number of amides is 2. The topological polar surface area (TPSA) is 377 Å². The van der Waals surface area contributed by atoms with Gasteiger partial charge in [-0.25, -0.2) is 64.9 Å². The maximum absolute atomic E-state index is 14.8. The molecule has 10 aromatic carbocycles. The number of carbonyl (C=O) groups is 2. The first kappa shape index (κ1) is 93.3. The number of nitrogens with zero attached hydrogens (tertiary/aromatic N) is 10. The molecule has 692 valence electrons. The molecule has 20 rings (SSSR count). The lowest BCUT2D eigenvalue weighted by molar-refractivity contribution is 0.101. The van der Waals surface area contributed by atoms with E-state index in [1.165, 1.54) is 84.0 Å². The second kappa shape index (κ2) is 40.0. The SMILES string of the molecule is Cc1ccc(NS(=O)(=O)c2ccc(N3CCCCS3(=O)=O)cc2)cc1-c1ccc2ncccc2n1.O=C(Nc1cccc(-c2ccc3ncccc3n2)c1)c1ccc(N2CCCCS2(=O)=O)cc1.O=C(Nc1cccc(-c2nccc3ccccc23)c1)c1ccc(N2CCCCS2(=O)=O)cc1.O=S(=O)(Nc1ccc(F)c(-c2nccc3ccccc23)c1)c1ccc(N2CCCCS2(=O)=O)cc1. The summed E-state index contributed by atoms with van der Waals surface area (Å²) in [6, 6.07) is 83.6. The summed E-state index contributed by atoms with van der Waals surface area (Å²) in [5, 5.41) is 9.63. The van der Waals surface area contributed by atoms with Crippen LogP contribution in [0.4, 0.5) is 49.9 Å². The predicted molar refractivity (Wildman–Crippen MR) is 534 cm³/mol. The van der Waals surface area contributed by atoms with Crippen molar-refractivity contribution >= 4 is 161 Å². The van der Waals surface area contributed by atoms with E-state index in [1.807, 2.05) is 171 Å². The molecule has 4 aliphatic rings. The van der Waals surface area contributed by atoms with Gasteiger partial charge in [0.15, 0.2) is 0 Å². The molecule has 0 aliphatic carbocycles. The van der Waals surface area contributed by atoms with Crippen molar-refractivity contribution in [1.29, 1.82) is 0 Å². The van der Waals surface area contributed by atoms with E-state index in [9.17, 15) is 64.5 Å². The van der Waals surface area contributed by atoms with E-state index in [4.69, 9.17) is 0 Å². The Labute approximate surface area is 787 Å². The van der Waals surface area contributed by atoms with Crippen LogP contribution in [0.5, 0.6) is 0 Å². The molecule has 0 spiro atoms. The normalized spacial score (nSPS) is 15.5. The largest absolute Gasteiger partial charge is 0.322 e. The molecule has 0 saturated carbocycles. The van der Waals surface area contributed by atoms with Gasteiger partial charge in [0, 0.05) is 118 Å². The molecule has 0 radical (unpaired) electrons. The number of anilines is 8. The number of sulfonamides is 6. The third-order valence-electron chi connectivity index (χ3n) is 23.4. The highest BCUT2D eigenvalue weighted by Crippen LogP contribution is 2.37. The van der Waals surface area contributed by atoms with Gasteiger partial charge in [-0.3, -0.25) is 56.2 Å². The molecule has 4 N–H and O–H groups in total. The van der Waals surface area contributed by atoms with Crippen LogP contribution < -0.4 is 37.3 Å². The van der Waals surface area contributed by atoms with E-state index in [0.717, 1.165) is 109 Å². The molecule has 6 aromatic heterocycles. The van der Waals surface area contributed by atoms with Crippen molar-refractivity contribution in [3.05, 3.63) is 338 Å². The second-order valence-corrected chi connectivity index (χ2v) is 44.1. The summed E-state index contributed by atoms with van der Waals surface area (Å²) in [7, 11) is -21.2. The Morgan fingerprint density at radius 2 is 0.721 bits per heavy atom. The number of benzene rings is 10. The number of carbonyl (C=O) groups excluding carboxylic acids is 2. The van der Waals surface area contributed by atoms with E-state index >= 15 is 0 Å². The second-order valence-electron chi connectivity index (χ2n) is 32.7. The van der Waals surface area contributed by atoms with Crippen LogP contribution in [0.3, 0.4) is 0 Å². The maximum atomic E-state index is 14.8. The van der Waals surface area contributed by atoms with E-state index in [2.05, 4.69) is 50.0 Å². The standard InChI is InChI=1S/C26H23N3O3S.C25H22FN3O4S2.C25H24N4O4S2.C25H22N4O3S/c30-26(20-10-12-23(13-11-20)29-16-3-4-17-33(29,31)32)28-22-8-5-7-21(18-22)25-24-9-2-1-6-19(24)14-15-27-25;26-24-12-7-19(17-23(24)25-22-6-2-1-5-18(22)13-14-27-25)28-35(32,33)21-10-8-20(9-11-21)29-15-3-4-16-34(29,30)31;1-18-6-7-19(17-22(18)23-12-13-24-25(27-23)5-4-14-26-24)28-35(32,33)21-10-8-20(9-11-21)29-15-2-3-16-34(29,30)31;30-25(18-8-10-21(11-9-18)29-15-1-2-16-33(29,31)32)27-20-6-3-5-19(17-20)22-12-13-23-24(28-22)7-4-14-26-23/h1-2,5-15,18H,3-4,16-17H2,(H,28,30);1-2,5-14,17,28H,3-4,15-16H2;4-14,17,28H,2-3,15-16H2,1H3;3-14,17H,1-2,15-16H2,(H,27,30). The van der Waals surface area contributed by atoms with Gasteiger partial charge in [0.05, 0.1) is 100 Å². The smallest absolute Gasteiger partial charge is 0.261 e. The number of pyridine rings is 6. The van der Waals surface area contributed by atoms with Crippen molar-refractivity contribution in [3.63, 3.8) is 0 Å². The molecule has 0 atom stereocenters.